The summed E-state index contributed by atoms with van der Waals surface area (Å²) >= 11 is 9.37. The first-order valence-electron chi connectivity index (χ1n) is 8.22. The molecule has 0 aromatic heterocycles. The predicted octanol–water partition coefficient (Wildman–Crippen LogP) is 3.47. The Bertz CT molecular complexity index is 996. The molecule has 1 fully saturated rings. The Kier molecular flexibility index (Phi) is 6.46. The van der Waals surface area contributed by atoms with Gasteiger partial charge in [0, 0.05) is 17.6 Å². The van der Waals surface area contributed by atoms with E-state index in [1.54, 1.807) is 24.3 Å². The smallest absolute Gasteiger partial charge is 0.323 e. The van der Waals surface area contributed by atoms with Crippen LogP contribution in [0.5, 0.6) is 5.75 Å². The molecule has 1 aliphatic heterocycles. The topological polar surface area (TPSA) is 108 Å². The summed E-state index contributed by atoms with van der Waals surface area (Å²) in [5, 5.41) is 15.4. The lowest BCUT2D eigenvalue weighted by atomic mass is 10.3. The van der Waals surface area contributed by atoms with E-state index in [-0.39, 0.29) is 37.0 Å². The Morgan fingerprint density at radius 3 is 2.43 bits per heavy atom. The number of carbonyl (C=O) groups excluding carboxylic acids is 1. The minimum atomic E-state index is -4.06. The first kappa shape index (κ1) is 20.9. The third-order valence-electron chi connectivity index (χ3n) is 4.02. The van der Waals surface area contributed by atoms with E-state index in [1.165, 1.54) is 16.4 Å². The number of hydrogen-bond donors (Lipinski definition) is 3. The molecule has 0 saturated carbocycles. The number of aromatic hydroxyl groups is 1. The lowest BCUT2D eigenvalue weighted by molar-refractivity contribution is 0.0729. The van der Waals surface area contributed by atoms with Gasteiger partial charge in [-0.3, -0.25) is 0 Å². The van der Waals surface area contributed by atoms with Crippen molar-refractivity contribution in [3.05, 3.63) is 45.9 Å². The maximum absolute atomic E-state index is 12.9. The molecule has 0 unspecified atom stereocenters. The zero-order valence-electron chi connectivity index (χ0n) is 14.5. The number of amides is 2. The molecule has 11 heteroatoms. The van der Waals surface area contributed by atoms with Crippen LogP contribution in [-0.2, 0) is 14.8 Å². The number of halogens is 2. The molecule has 1 aliphatic rings. The summed E-state index contributed by atoms with van der Waals surface area (Å²) in [6.07, 6.45) is 0. The molecule has 3 N–H and O–H groups in total. The number of morpholine rings is 1. The summed E-state index contributed by atoms with van der Waals surface area (Å²) in [7, 11) is -4.06. The van der Waals surface area contributed by atoms with Crippen LogP contribution >= 0.6 is 27.5 Å². The van der Waals surface area contributed by atoms with Crippen LogP contribution in [0.3, 0.4) is 0 Å². The van der Waals surface area contributed by atoms with Gasteiger partial charge in [0.25, 0.3) is 0 Å². The lowest BCUT2D eigenvalue weighted by Gasteiger charge is -2.27. The van der Waals surface area contributed by atoms with Gasteiger partial charge in [0.1, 0.15) is 4.90 Å². The average molecular weight is 491 g/mol. The second-order valence-electron chi connectivity index (χ2n) is 5.85. The number of sulfonamides is 1. The third kappa shape index (κ3) is 4.41. The first-order chi connectivity index (χ1) is 13.3. The van der Waals surface area contributed by atoms with Gasteiger partial charge in [-0.2, -0.15) is 4.31 Å². The van der Waals surface area contributed by atoms with E-state index in [9.17, 15) is 18.3 Å². The molecule has 8 nitrogen and oxygen atoms in total. The molecule has 2 amide bonds. The molecule has 2 aromatic carbocycles. The van der Waals surface area contributed by atoms with E-state index in [0.717, 1.165) is 0 Å². The summed E-state index contributed by atoms with van der Waals surface area (Å²) in [6.45, 7) is 0.810. The number of nitrogens with one attached hydrogen (secondary N) is 2. The van der Waals surface area contributed by atoms with Crippen molar-refractivity contribution in [3.8, 4) is 5.75 Å². The normalized spacial score (nSPS) is 15.2. The van der Waals surface area contributed by atoms with E-state index >= 15 is 0 Å². The molecule has 28 heavy (non-hydrogen) atoms. The number of nitrogens with zero attached hydrogens (tertiary/aromatic N) is 1. The number of benzene rings is 2. The standard InChI is InChI=1S/C17H17BrClN3O5S/c18-11-3-1-2-4-13(11)20-17(24)21-14-6-5-12(19)16(15(14)23)28(25,26)22-7-9-27-10-8-22/h1-6,23H,7-10H2,(H2,20,21,24). The lowest BCUT2D eigenvalue weighted by Crippen LogP contribution is -2.40. The van der Waals surface area contributed by atoms with Crippen molar-refractivity contribution in [2.24, 2.45) is 0 Å². The molecular weight excluding hydrogens is 474 g/mol. The van der Waals surface area contributed by atoms with Crippen molar-refractivity contribution in [3.63, 3.8) is 0 Å². The van der Waals surface area contributed by atoms with Crippen LogP contribution in [0, 0.1) is 0 Å². The van der Waals surface area contributed by atoms with Crippen molar-refractivity contribution in [1.82, 2.24) is 4.31 Å². The van der Waals surface area contributed by atoms with Crippen molar-refractivity contribution < 1.29 is 23.1 Å². The molecule has 3 rings (SSSR count). The van der Waals surface area contributed by atoms with Crippen LogP contribution in [0.1, 0.15) is 0 Å². The van der Waals surface area contributed by atoms with Crippen LogP contribution in [0.2, 0.25) is 5.02 Å². The summed E-state index contributed by atoms with van der Waals surface area (Å²) < 4.78 is 32.8. The van der Waals surface area contributed by atoms with Crippen LogP contribution in [0.25, 0.3) is 0 Å². The second-order valence-corrected chi connectivity index (χ2v) is 8.98. The number of phenols is 1. The fourth-order valence-corrected chi connectivity index (χ4v) is 5.03. The number of anilines is 2. The monoisotopic (exact) mass is 489 g/mol. The van der Waals surface area contributed by atoms with Crippen molar-refractivity contribution >= 4 is 55.0 Å². The van der Waals surface area contributed by atoms with Crippen molar-refractivity contribution in [2.75, 3.05) is 36.9 Å². The number of rotatable bonds is 4. The van der Waals surface area contributed by atoms with Gasteiger partial charge < -0.3 is 20.5 Å². The third-order valence-corrected chi connectivity index (χ3v) is 7.11. The summed E-state index contributed by atoms with van der Waals surface area (Å²) in [5.41, 5.74) is 0.426. The van der Waals surface area contributed by atoms with Crippen LogP contribution in [-0.4, -0.2) is 50.2 Å². The SMILES string of the molecule is O=C(Nc1ccccc1Br)Nc1ccc(Cl)c(S(=O)(=O)N2CCOCC2)c1O. The molecular formula is C17H17BrClN3O5S. The largest absolute Gasteiger partial charge is 0.504 e. The highest BCUT2D eigenvalue weighted by Gasteiger charge is 2.32. The Hall–Kier alpha value is -1.85. The van der Waals surface area contributed by atoms with E-state index in [2.05, 4.69) is 26.6 Å². The van der Waals surface area contributed by atoms with Crippen LogP contribution in [0.15, 0.2) is 45.8 Å². The second kappa shape index (κ2) is 8.66. The Balaban J connectivity index is 1.86. The highest BCUT2D eigenvalue weighted by atomic mass is 79.9. The molecule has 0 radical (unpaired) electrons. The number of phenolic OH excluding ortho intramolecular Hbond substituents is 1. The Labute approximate surface area is 175 Å². The highest BCUT2D eigenvalue weighted by molar-refractivity contribution is 9.10. The zero-order valence-corrected chi connectivity index (χ0v) is 17.6. The number of urea groups is 1. The van der Waals surface area contributed by atoms with Crippen LogP contribution in [0.4, 0.5) is 16.2 Å². The molecule has 0 atom stereocenters. The maximum Gasteiger partial charge on any atom is 0.323 e. The van der Waals surface area contributed by atoms with Gasteiger partial charge in [-0.1, -0.05) is 23.7 Å². The quantitative estimate of drug-likeness (QED) is 0.569. The predicted molar refractivity (Wildman–Crippen MR) is 109 cm³/mol. The number of hydrogen-bond acceptors (Lipinski definition) is 5. The van der Waals surface area contributed by atoms with Crippen LogP contribution < -0.4 is 10.6 Å². The fourth-order valence-electron chi connectivity index (χ4n) is 2.65. The average Bonchev–Trinajstić information content (AvgIpc) is 2.66. The molecule has 0 spiro atoms. The number of para-hydroxylation sites is 1. The Morgan fingerprint density at radius 1 is 1.11 bits per heavy atom. The minimum absolute atomic E-state index is 0.0826. The minimum Gasteiger partial charge on any atom is -0.504 e. The summed E-state index contributed by atoms with van der Waals surface area (Å²) in [6, 6.07) is 8.95. The first-order valence-corrected chi connectivity index (χ1v) is 10.8. The molecule has 1 saturated heterocycles. The van der Waals surface area contributed by atoms with E-state index in [0.29, 0.717) is 10.2 Å². The number of ether oxygens (including phenoxy) is 1. The molecule has 0 bridgehead atoms. The number of carbonyl (C=O) groups is 1. The van der Waals surface area contributed by atoms with Crippen molar-refractivity contribution in [1.29, 1.82) is 0 Å². The van der Waals surface area contributed by atoms with E-state index in [1.807, 2.05) is 0 Å². The van der Waals surface area contributed by atoms with Crippen molar-refractivity contribution in [2.45, 2.75) is 4.90 Å². The molecule has 1 heterocycles. The summed E-state index contributed by atoms with van der Waals surface area (Å²) in [5.74, 6) is -0.624. The van der Waals surface area contributed by atoms with Gasteiger partial charge in [-0.15, -0.1) is 0 Å². The van der Waals surface area contributed by atoms with Gasteiger partial charge in [0.15, 0.2) is 5.75 Å². The van der Waals surface area contributed by atoms with E-state index < -0.39 is 26.7 Å². The van der Waals surface area contributed by atoms with Gasteiger partial charge >= 0.3 is 6.03 Å². The summed E-state index contributed by atoms with van der Waals surface area (Å²) in [4.78, 5) is 11.8. The fraction of sp³-hybridized carbons (Fsp3) is 0.235. The van der Waals surface area contributed by atoms with Gasteiger partial charge in [-0.25, -0.2) is 13.2 Å². The van der Waals surface area contributed by atoms with Gasteiger partial charge in [-0.05, 0) is 40.2 Å². The molecule has 0 aliphatic carbocycles. The highest BCUT2D eigenvalue weighted by Crippen LogP contribution is 2.38. The zero-order chi connectivity index (χ0) is 20.3. The van der Waals surface area contributed by atoms with Gasteiger partial charge in [0.05, 0.1) is 29.6 Å². The molecule has 2 aromatic rings. The molecule has 150 valence electrons. The Morgan fingerprint density at radius 2 is 1.75 bits per heavy atom. The van der Waals surface area contributed by atoms with E-state index in [4.69, 9.17) is 16.3 Å². The maximum atomic E-state index is 12.9. The van der Waals surface area contributed by atoms with Gasteiger partial charge in [0.2, 0.25) is 10.0 Å².